The molecule has 1 aliphatic rings. The van der Waals surface area contributed by atoms with E-state index in [1.54, 1.807) is 24.1 Å². The number of hydrogen-bond acceptors (Lipinski definition) is 7. The van der Waals surface area contributed by atoms with E-state index < -0.39 is 5.97 Å². The molecule has 42 heavy (non-hydrogen) atoms. The van der Waals surface area contributed by atoms with Gasteiger partial charge < -0.3 is 29.7 Å². The zero-order valence-electron chi connectivity index (χ0n) is 25.8. The van der Waals surface area contributed by atoms with Crippen LogP contribution in [0.1, 0.15) is 91.3 Å². The molecule has 10 nitrogen and oxygen atoms in total. The third-order valence-electron chi connectivity index (χ3n) is 7.19. The van der Waals surface area contributed by atoms with Gasteiger partial charge in [0.25, 0.3) is 5.91 Å². The van der Waals surface area contributed by atoms with Gasteiger partial charge >= 0.3 is 5.97 Å². The zero-order chi connectivity index (χ0) is 31.2. The van der Waals surface area contributed by atoms with Crippen molar-refractivity contribution in [3.05, 3.63) is 52.1 Å². The van der Waals surface area contributed by atoms with Crippen LogP contribution < -0.4 is 19.7 Å². The number of ketones is 1. The fourth-order valence-corrected chi connectivity index (χ4v) is 5.04. The van der Waals surface area contributed by atoms with Crippen molar-refractivity contribution in [3.8, 4) is 11.5 Å². The van der Waals surface area contributed by atoms with Gasteiger partial charge in [0.15, 0.2) is 5.78 Å². The molecule has 0 atom stereocenters. The number of carbonyl (C=O) groups is 3. The molecule has 0 spiro atoms. The van der Waals surface area contributed by atoms with E-state index >= 15 is 0 Å². The molecular weight excluding hydrogens is 536 g/mol. The fourth-order valence-electron chi connectivity index (χ4n) is 5.04. The summed E-state index contributed by atoms with van der Waals surface area (Å²) in [7, 11) is 3.50. The third-order valence-corrected chi connectivity index (χ3v) is 7.19. The second-order valence-corrected chi connectivity index (χ2v) is 11.5. The van der Waals surface area contributed by atoms with Gasteiger partial charge in [0.05, 0.1) is 31.0 Å². The quantitative estimate of drug-likeness (QED) is 0.213. The Hall–Kier alpha value is -4.08. The van der Waals surface area contributed by atoms with Crippen LogP contribution in [0.5, 0.6) is 11.5 Å². The summed E-state index contributed by atoms with van der Waals surface area (Å²) in [5, 5.41) is 20.5. The number of nitrogens with zero attached hydrogens (tertiary/aromatic N) is 2. The lowest BCUT2D eigenvalue weighted by Crippen LogP contribution is -2.31. The first kappa shape index (κ1) is 32.4. The summed E-state index contributed by atoms with van der Waals surface area (Å²) in [4.78, 5) is 41.1. The molecule has 3 rings (SSSR count). The fraction of sp³-hybridized carbons (Fsp3) is 0.500. The predicted octanol–water partition coefficient (Wildman–Crippen LogP) is 4.86. The Labute approximate surface area is 248 Å². The number of fused-ring (bicyclic) bond motifs is 1. The van der Waals surface area contributed by atoms with Gasteiger partial charge in [0, 0.05) is 50.3 Å². The molecule has 0 saturated heterocycles. The van der Waals surface area contributed by atoms with Gasteiger partial charge in [-0.2, -0.15) is 0 Å². The summed E-state index contributed by atoms with van der Waals surface area (Å²) in [5.74, 6) is -0.0110. The molecule has 10 heteroatoms. The average Bonchev–Trinajstić information content (AvgIpc) is 3.23. The Kier molecular flexibility index (Phi) is 10.6. The topological polar surface area (TPSA) is 132 Å². The molecule has 0 radical (unpaired) electrons. The Morgan fingerprint density at radius 2 is 1.83 bits per heavy atom. The van der Waals surface area contributed by atoms with Gasteiger partial charge in [-0.15, -0.1) is 0 Å². The number of hydrogen-bond donors (Lipinski definition) is 3. The predicted molar refractivity (Wildman–Crippen MR) is 164 cm³/mol. The van der Waals surface area contributed by atoms with Crippen LogP contribution in [0, 0.1) is 5.41 Å². The van der Waals surface area contributed by atoms with E-state index in [4.69, 9.17) is 20.0 Å². The van der Waals surface area contributed by atoms with Crippen LogP contribution in [0.25, 0.3) is 0 Å². The Morgan fingerprint density at radius 3 is 2.43 bits per heavy atom. The number of Topliss-reactive ketones (excluding diaryl/α,β-unsaturated/α-hetero) is 1. The van der Waals surface area contributed by atoms with Crippen molar-refractivity contribution in [1.29, 1.82) is 5.41 Å². The van der Waals surface area contributed by atoms with Crippen molar-refractivity contribution in [3.63, 3.8) is 0 Å². The summed E-state index contributed by atoms with van der Waals surface area (Å²) in [6.07, 6.45) is 1.28. The van der Waals surface area contributed by atoms with Crippen molar-refractivity contribution in [2.75, 3.05) is 45.3 Å². The molecule has 1 amide bonds. The minimum atomic E-state index is -0.868. The molecule has 0 saturated carbocycles. The normalized spacial score (nSPS) is 12.6. The largest absolute Gasteiger partial charge is 0.493 e. The summed E-state index contributed by atoms with van der Waals surface area (Å²) < 4.78 is 11.9. The number of nitrogens with one attached hydrogen (secondary N) is 2. The Bertz CT molecular complexity index is 1350. The molecule has 0 aliphatic carbocycles. The highest BCUT2D eigenvalue weighted by Crippen LogP contribution is 2.41. The smallest absolute Gasteiger partial charge is 0.303 e. The second kappa shape index (κ2) is 13.7. The van der Waals surface area contributed by atoms with Gasteiger partial charge in [0.2, 0.25) is 0 Å². The number of aliphatic carboxylic acids is 1. The summed E-state index contributed by atoms with van der Waals surface area (Å²) in [6, 6.07) is 7.15. The van der Waals surface area contributed by atoms with Crippen LogP contribution >= 0.6 is 0 Å². The van der Waals surface area contributed by atoms with Crippen LogP contribution in [-0.4, -0.2) is 73.9 Å². The van der Waals surface area contributed by atoms with Crippen LogP contribution in [0.15, 0.2) is 24.3 Å². The molecule has 228 valence electrons. The number of carbonyl (C=O) groups excluding carboxylic acids is 2. The highest BCUT2D eigenvalue weighted by molar-refractivity contribution is 6.08. The van der Waals surface area contributed by atoms with E-state index in [0.29, 0.717) is 47.8 Å². The Morgan fingerprint density at radius 1 is 1.12 bits per heavy atom. The summed E-state index contributed by atoms with van der Waals surface area (Å²) in [6.45, 7) is 11.8. The number of rotatable bonds is 14. The zero-order valence-corrected chi connectivity index (χ0v) is 25.8. The van der Waals surface area contributed by atoms with E-state index in [2.05, 4.69) is 37.9 Å². The first-order valence-electron chi connectivity index (χ1n) is 14.4. The first-order chi connectivity index (χ1) is 19.8. The van der Waals surface area contributed by atoms with Crippen LogP contribution in [-0.2, 0) is 16.8 Å². The van der Waals surface area contributed by atoms with Gasteiger partial charge in [-0.25, -0.2) is 0 Å². The van der Waals surface area contributed by atoms with E-state index in [-0.39, 0.29) is 42.5 Å². The lowest BCUT2D eigenvalue weighted by Gasteiger charge is -2.30. The van der Waals surface area contributed by atoms with Crippen LogP contribution in [0.2, 0.25) is 0 Å². The number of anilines is 1. The minimum Gasteiger partial charge on any atom is -0.493 e. The van der Waals surface area contributed by atoms with Crippen molar-refractivity contribution in [2.45, 2.75) is 65.8 Å². The van der Waals surface area contributed by atoms with Gasteiger partial charge in [0.1, 0.15) is 17.3 Å². The highest BCUT2D eigenvalue weighted by Gasteiger charge is 2.31. The average molecular weight is 581 g/mol. The van der Waals surface area contributed by atoms with Crippen molar-refractivity contribution < 1.29 is 29.0 Å². The first-order valence-corrected chi connectivity index (χ1v) is 14.4. The maximum atomic E-state index is 13.8. The van der Waals surface area contributed by atoms with Crippen molar-refractivity contribution in [1.82, 2.24) is 10.2 Å². The molecule has 3 N–H and O–H groups in total. The lowest BCUT2D eigenvalue weighted by atomic mass is 9.84. The highest BCUT2D eigenvalue weighted by atomic mass is 16.5. The van der Waals surface area contributed by atoms with Gasteiger partial charge in [-0.1, -0.05) is 27.7 Å². The lowest BCUT2D eigenvalue weighted by molar-refractivity contribution is -0.137. The maximum absolute atomic E-state index is 13.8. The van der Waals surface area contributed by atoms with Crippen LogP contribution in [0.3, 0.4) is 0 Å². The molecule has 1 heterocycles. The van der Waals surface area contributed by atoms with Crippen molar-refractivity contribution >= 4 is 29.2 Å². The van der Waals surface area contributed by atoms with Crippen LogP contribution in [0.4, 0.5) is 5.69 Å². The van der Waals surface area contributed by atoms with Gasteiger partial charge in [-0.05, 0) is 55.0 Å². The minimum absolute atomic E-state index is 0.00782. The second-order valence-electron chi connectivity index (χ2n) is 11.5. The third kappa shape index (κ3) is 7.40. The van der Waals surface area contributed by atoms with E-state index in [1.807, 2.05) is 26.1 Å². The summed E-state index contributed by atoms with van der Waals surface area (Å²) in [5.41, 5.74) is 3.58. The standard InChI is InChI=1S/C32H44N4O6/c1-8-12-35(7)25-15-20(14-24(32(3,4)5)29(25)42-13-10-11-28(38)39)26(37)19-36-18-21-16-27(41-9-2)23(31(40)34-6)17-22(21)30(36)33/h14-17,33H,8-13,18-19H2,1-7H3,(H,34,40)(H,38,39). The molecule has 2 aromatic carbocycles. The molecule has 0 fully saturated rings. The number of carboxylic acids is 1. The maximum Gasteiger partial charge on any atom is 0.303 e. The molecular formula is C32H44N4O6. The SMILES string of the molecule is CCCN(C)c1cc(C(=O)CN2Cc3cc(OCC)c(C(=O)NC)cc3C2=N)cc(C(C)(C)C)c1OCCCC(=O)O. The van der Waals surface area contributed by atoms with E-state index in [0.717, 1.165) is 29.8 Å². The summed E-state index contributed by atoms with van der Waals surface area (Å²) >= 11 is 0. The van der Waals surface area contributed by atoms with Crippen molar-refractivity contribution in [2.24, 2.45) is 0 Å². The number of amides is 1. The Balaban J connectivity index is 1.95. The molecule has 0 unspecified atom stereocenters. The number of benzene rings is 2. The molecule has 0 bridgehead atoms. The number of amidine groups is 1. The number of ether oxygens (including phenoxy) is 2. The monoisotopic (exact) mass is 580 g/mol. The number of carboxylic acid groups (broad SMARTS) is 1. The molecule has 1 aliphatic heterocycles. The van der Waals surface area contributed by atoms with Gasteiger partial charge in [-0.3, -0.25) is 19.8 Å². The molecule has 0 aromatic heterocycles. The van der Waals surface area contributed by atoms with E-state index in [1.165, 1.54) is 0 Å². The molecule has 2 aromatic rings. The van der Waals surface area contributed by atoms with E-state index in [9.17, 15) is 14.4 Å².